The molecule has 2 atom stereocenters. The number of nitrogens with zero attached hydrogens (tertiary/aromatic N) is 2. The normalized spacial score (nSPS) is 31.8. The SMILES string of the molecule is CC1(c2noc(CC3CCCCC3=O)n2)CCCO1. The van der Waals surface area contributed by atoms with Crippen LogP contribution in [-0.2, 0) is 21.6 Å². The van der Waals surface area contributed by atoms with Gasteiger partial charge in [-0.25, -0.2) is 0 Å². The molecule has 3 rings (SSSR count). The predicted molar refractivity (Wildman–Crippen MR) is 67.5 cm³/mol. The van der Waals surface area contributed by atoms with Crippen LogP contribution in [0.2, 0.25) is 0 Å². The van der Waals surface area contributed by atoms with Crippen molar-refractivity contribution < 1.29 is 14.1 Å². The summed E-state index contributed by atoms with van der Waals surface area (Å²) in [5.74, 6) is 1.61. The van der Waals surface area contributed by atoms with E-state index in [2.05, 4.69) is 10.1 Å². The van der Waals surface area contributed by atoms with Crippen LogP contribution in [0.5, 0.6) is 0 Å². The van der Waals surface area contributed by atoms with E-state index in [-0.39, 0.29) is 5.92 Å². The van der Waals surface area contributed by atoms with Gasteiger partial charge in [0.25, 0.3) is 0 Å². The Kier molecular flexibility index (Phi) is 3.39. The van der Waals surface area contributed by atoms with Crippen molar-refractivity contribution in [1.29, 1.82) is 0 Å². The van der Waals surface area contributed by atoms with E-state index in [4.69, 9.17) is 9.26 Å². The maximum absolute atomic E-state index is 11.8. The van der Waals surface area contributed by atoms with Gasteiger partial charge < -0.3 is 9.26 Å². The lowest BCUT2D eigenvalue weighted by Crippen LogP contribution is -2.23. The van der Waals surface area contributed by atoms with Gasteiger partial charge in [0.15, 0.2) is 0 Å². The number of ether oxygens (including phenoxy) is 1. The Labute approximate surface area is 112 Å². The third-order valence-electron chi connectivity index (χ3n) is 4.26. The van der Waals surface area contributed by atoms with Gasteiger partial charge in [0, 0.05) is 25.4 Å². The van der Waals surface area contributed by atoms with E-state index in [1.807, 2.05) is 6.92 Å². The fraction of sp³-hybridized carbons (Fsp3) is 0.786. The van der Waals surface area contributed by atoms with Crippen LogP contribution in [-0.4, -0.2) is 22.5 Å². The van der Waals surface area contributed by atoms with Crippen molar-refractivity contribution in [1.82, 2.24) is 10.1 Å². The molecule has 19 heavy (non-hydrogen) atoms. The third kappa shape index (κ3) is 2.56. The Morgan fingerprint density at radius 3 is 3.00 bits per heavy atom. The topological polar surface area (TPSA) is 65.2 Å². The van der Waals surface area contributed by atoms with Crippen molar-refractivity contribution in [2.45, 2.75) is 57.5 Å². The van der Waals surface area contributed by atoms with E-state index in [1.165, 1.54) is 0 Å². The van der Waals surface area contributed by atoms with Crippen LogP contribution in [0.3, 0.4) is 0 Å². The molecule has 2 aliphatic rings. The second-order valence-electron chi connectivity index (χ2n) is 5.81. The van der Waals surface area contributed by atoms with Crippen LogP contribution in [0.4, 0.5) is 0 Å². The standard InChI is InChI=1S/C14H20N2O3/c1-14(7-4-8-18-14)13-15-12(19-16-13)9-10-5-2-3-6-11(10)17/h10H,2-9H2,1H3. The van der Waals surface area contributed by atoms with E-state index in [9.17, 15) is 4.79 Å². The molecule has 5 heteroatoms. The van der Waals surface area contributed by atoms with Gasteiger partial charge in [-0.05, 0) is 32.6 Å². The highest BCUT2D eigenvalue weighted by Gasteiger charge is 2.37. The van der Waals surface area contributed by atoms with Crippen molar-refractivity contribution in [3.05, 3.63) is 11.7 Å². The highest BCUT2D eigenvalue weighted by atomic mass is 16.5. The van der Waals surface area contributed by atoms with Crippen LogP contribution in [0, 0.1) is 5.92 Å². The summed E-state index contributed by atoms with van der Waals surface area (Å²) in [7, 11) is 0. The highest BCUT2D eigenvalue weighted by Crippen LogP contribution is 2.34. The zero-order valence-corrected chi connectivity index (χ0v) is 11.4. The smallest absolute Gasteiger partial charge is 0.227 e. The van der Waals surface area contributed by atoms with E-state index in [0.29, 0.717) is 30.3 Å². The van der Waals surface area contributed by atoms with E-state index < -0.39 is 5.60 Å². The van der Waals surface area contributed by atoms with Gasteiger partial charge in [0.05, 0.1) is 0 Å². The molecule has 1 saturated heterocycles. The molecule has 104 valence electrons. The molecular weight excluding hydrogens is 244 g/mol. The van der Waals surface area contributed by atoms with Gasteiger partial charge in [-0.1, -0.05) is 11.6 Å². The molecule has 2 heterocycles. The monoisotopic (exact) mass is 264 g/mol. The molecule has 2 unspecified atom stereocenters. The molecule has 0 bridgehead atoms. The molecule has 1 aliphatic heterocycles. The molecule has 0 spiro atoms. The first-order valence-corrected chi connectivity index (χ1v) is 7.17. The zero-order chi connectivity index (χ0) is 13.3. The largest absolute Gasteiger partial charge is 0.367 e. The first kappa shape index (κ1) is 12.8. The number of aromatic nitrogens is 2. The molecule has 0 amide bonds. The minimum absolute atomic E-state index is 0.0688. The molecule has 0 radical (unpaired) electrons. The molecule has 0 N–H and O–H groups in total. The van der Waals surface area contributed by atoms with Crippen molar-refractivity contribution >= 4 is 5.78 Å². The Bertz CT molecular complexity index is 463. The summed E-state index contributed by atoms with van der Waals surface area (Å²) >= 11 is 0. The Balaban J connectivity index is 1.69. The van der Waals surface area contributed by atoms with Crippen LogP contribution in [0.15, 0.2) is 4.52 Å². The number of Topliss-reactive ketones (excluding diaryl/α,β-unsaturated/α-hetero) is 1. The average Bonchev–Trinajstić information content (AvgIpc) is 3.02. The van der Waals surface area contributed by atoms with Crippen molar-refractivity contribution in [3.8, 4) is 0 Å². The number of ketones is 1. The van der Waals surface area contributed by atoms with Crippen molar-refractivity contribution in [3.63, 3.8) is 0 Å². The van der Waals surface area contributed by atoms with E-state index >= 15 is 0 Å². The van der Waals surface area contributed by atoms with Gasteiger partial charge in [-0.15, -0.1) is 0 Å². The van der Waals surface area contributed by atoms with Crippen LogP contribution in [0.25, 0.3) is 0 Å². The minimum atomic E-state index is -0.404. The van der Waals surface area contributed by atoms with Gasteiger partial charge in [0.1, 0.15) is 11.4 Å². The second-order valence-corrected chi connectivity index (χ2v) is 5.81. The summed E-state index contributed by atoms with van der Waals surface area (Å²) in [5.41, 5.74) is -0.404. The summed E-state index contributed by atoms with van der Waals surface area (Å²) in [6.07, 6.45) is 6.34. The average molecular weight is 264 g/mol. The first-order valence-electron chi connectivity index (χ1n) is 7.17. The van der Waals surface area contributed by atoms with Crippen LogP contribution in [0.1, 0.15) is 57.2 Å². The molecule has 2 fully saturated rings. The lowest BCUT2D eigenvalue weighted by molar-refractivity contribution is -0.124. The van der Waals surface area contributed by atoms with Crippen molar-refractivity contribution in [2.24, 2.45) is 5.92 Å². The summed E-state index contributed by atoms with van der Waals surface area (Å²) in [4.78, 5) is 16.2. The Hall–Kier alpha value is -1.23. The Morgan fingerprint density at radius 1 is 1.37 bits per heavy atom. The number of rotatable bonds is 3. The molecule has 1 saturated carbocycles. The summed E-state index contributed by atoms with van der Waals surface area (Å²) in [5, 5.41) is 4.04. The Morgan fingerprint density at radius 2 is 2.26 bits per heavy atom. The lowest BCUT2D eigenvalue weighted by Gasteiger charge is -2.19. The predicted octanol–water partition coefficient (Wildman–Crippen LogP) is 2.40. The van der Waals surface area contributed by atoms with Gasteiger partial charge in [0.2, 0.25) is 11.7 Å². The number of hydrogen-bond acceptors (Lipinski definition) is 5. The maximum Gasteiger partial charge on any atom is 0.227 e. The van der Waals surface area contributed by atoms with Crippen molar-refractivity contribution in [2.75, 3.05) is 6.61 Å². The maximum atomic E-state index is 11.8. The quantitative estimate of drug-likeness (QED) is 0.838. The zero-order valence-electron chi connectivity index (χ0n) is 11.4. The lowest BCUT2D eigenvalue weighted by atomic mass is 9.86. The first-order chi connectivity index (χ1) is 9.17. The molecule has 1 aromatic heterocycles. The summed E-state index contributed by atoms with van der Waals surface area (Å²) < 4.78 is 11.0. The second kappa shape index (κ2) is 5.04. The fourth-order valence-corrected chi connectivity index (χ4v) is 2.99. The molecule has 1 aliphatic carbocycles. The molecule has 1 aromatic rings. The number of carbonyl (C=O) groups excluding carboxylic acids is 1. The fourth-order valence-electron chi connectivity index (χ4n) is 2.99. The molecule has 0 aromatic carbocycles. The number of carbonyl (C=O) groups is 1. The minimum Gasteiger partial charge on any atom is -0.367 e. The third-order valence-corrected chi connectivity index (χ3v) is 4.26. The van der Waals surface area contributed by atoms with Gasteiger partial charge in [-0.2, -0.15) is 4.98 Å². The summed E-state index contributed by atoms with van der Waals surface area (Å²) in [6, 6.07) is 0. The molecule has 5 nitrogen and oxygen atoms in total. The van der Waals surface area contributed by atoms with E-state index in [0.717, 1.165) is 38.7 Å². The van der Waals surface area contributed by atoms with E-state index in [1.54, 1.807) is 0 Å². The molecular formula is C14H20N2O3. The van der Waals surface area contributed by atoms with Gasteiger partial charge in [-0.3, -0.25) is 4.79 Å². The number of hydrogen-bond donors (Lipinski definition) is 0. The van der Waals surface area contributed by atoms with Crippen LogP contribution < -0.4 is 0 Å². The van der Waals surface area contributed by atoms with Gasteiger partial charge >= 0.3 is 0 Å². The highest BCUT2D eigenvalue weighted by molar-refractivity contribution is 5.81. The van der Waals surface area contributed by atoms with Crippen LogP contribution >= 0.6 is 0 Å². The summed E-state index contributed by atoms with van der Waals surface area (Å²) in [6.45, 7) is 2.75.